The molecule has 0 aromatic carbocycles. The van der Waals surface area contributed by atoms with E-state index in [-0.39, 0.29) is 0 Å². The van der Waals surface area contributed by atoms with Crippen LogP contribution >= 0.6 is 33.2 Å². The Hall–Kier alpha value is 1.05. The molecule has 0 radical (unpaired) electrons. The SMILES string of the molecule is CCOCC.C[Si](Cl)(Cl)Cl. The van der Waals surface area contributed by atoms with Gasteiger partial charge < -0.3 is 4.74 Å². The molecule has 0 saturated heterocycles. The summed E-state index contributed by atoms with van der Waals surface area (Å²) in [5.74, 6) is 0. The van der Waals surface area contributed by atoms with E-state index >= 15 is 0 Å². The highest BCUT2D eigenvalue weighted by Gasteiger charge is 2.13. The second-order valence-electron chi connectivity index (χ2n) is 1.56. The first-order chi connectivity index (χ1) is 4.41. The predicted molar refractivity (Wildman–Crippen MR) is 51.3 cm³/mol. The van der Waals surface area contributed by atoms with Crippen LogP contribution in [0.1, 0.15) is 13.8 Å². The molecule has 0 spiro atoms. The van der Waals surface area contributed by atoms with Crippen molar-refractivity contribution in [1.29, 1.82) is 0 Å². The molecule has 0 heterocycles. The van der Waals surface area contributed by atoms with Gasteiger partial charge in [0, 0.05) is 13.2 Å². The van der Waals surface area contributed by atoms with E-state index < -0.39 is 6.00 Å². The molecule has 0 bridgehead atoms. The Labute approximate surface area is 77.7 Å². The summed E-state index contributed by atoms with van der Waals surface area (Å²) in [7, 11) is 0. The van der Waals surface area contributed by atoms with Gasteiger partial charge in [0.15, 0.2) is 0 Å². The third-order valence-electron chi connectivity index (χ3n) is 0.408. The van der Waals surface area contributed by atoms with Crippen molar-refractivity contribution >= 4 is 39.2 Å². The maximum absolute atomic E-state index is 5.20. The molecule has 10 heavy (non-hydrogen) atoms. The first-order valence-corrected chi connectivity index (χ1v) is 8.59. The molecule has 0 aromatic heterocycles. The van der Waals surface area contributed by atoms with Crippen LogP contribution in [0.3, 0.4) is 0 Å². The molecule has 0 unspecified atom stereocenters. The van der Waals surface area contributed by atoms with Gasteiger partial charge in [-0.05, 0) is 20.4 Å². The highest BCUT2D eigenvalue weighted by Crippen LogP contribution is 2.17. The fourth-order valence-corrected chi connectivity index (χ4v) is 0.204. The van der Waals surface area contributed by atoms with Crippen molar-refractivity contribution in [1.82, 2.24) is 0 Å². The monoisotopic (exact) mass is 222 g/mol. The van der Waals surface area contributed by atoms with Gasteiger partial charge in [-0.1, -0.05) is 0 Å². The van der Waals surface area contributed by atoms with Gasteiger partial charge in [-0.15, -0.1) is 33.2 Å². The van der Waals surface area contributed by atoms with Gasteiger partial charge in [-0.2, -0.15) is 0 Å². The standard InChI is InChI=1S/C4H10O.CH3Cl3Si/c1-3-5-4-2;1-5(2,3)4/h3-4H2,1-2H3;1H3. The molecule has 0 aliphatic heterocycles. The lowest BCUT2D eigenvalue weighted by molar-refractivity contribution is 0.162. The summed E-state index contributed by atoms with van der Waals surface area (Å²) in [6, 6.07) is -2.19. The molecule has 0 saturated carbocycles. The third kappa shape index (κ3) is 63.1. The van der Waals surface area contributed by atoms with E-state index in [9.17, 15) is 0 Å². The molecule has 0 aromatic rings. The molecule has 0 N–H and O–H groups in total. The molecule has 1 nitrogen and oxygen atoms in total. The van der Waals surface area contributed by atoms with Crippen LogP contribution in [0.4, 0.5) is 0 Å². The largest absolute Gasteiger partial charge is 0.382 e. The lowest BCUT2D eigenvalue weighted by Crippen LogP contribution is -1.97. The Morgan fingerprint density at radius 3 is 1.30 bits per heavy atom. The van der Waals surface area contributed by atoms with Crippen molar-refractivity contribution in [3.8, 4) is 0 Å². The van der Waals surface area contributed by atoms with Gasteiger partial charge in [0.2, 0.25) is 0 Å². The zero-order valence-electron chi connectivity index (χ0n) is 6.46. The summed E-state index contributed by atoms with van der Waals surface area (Å²) >= 11 is 15.6. The van der Waals surface area contributed by atoms with E-state index in [0.29, 0.717) is 0 Å². The minimum atomic E-state index is -2.19. The number of halogens is 3. The normalized spacial score (nSPS) is 10.2. The lowest BCUT2D eigenvalue weighted by atomic mass is 10.8. The average molecular weight is 224 g/mol. The van der Waals surface area contributed by atoms with Gasteiger partial charge >= 0.3 is 6.00 Å². The van der Waals surface area contributed by atoms with Crippen LogP contribution in [0, 0.1) is 0 Å². The molecule has 5 heteroatoms. The molecule has 0 aliphatic rings. The zero-order valence-corrected chi connectivity index (χ0v) is 9.72. The molecule has 0 rings (SSSR count). The van der Waals surface area contributed by atoms with E-state index in [1.165, 1.54) is 0 Å². The topological polar surface area (TPSA) is 9.23 Å². The van der Waals surface area contributed by atoms with Crippen molar-refractivity contribution in [2.75, 3.05) is 13.2 Å². The molecule has 0 atom stereocenters. The summed E-state index contributed by atoms with van der Waals surface area (Å²) in [6.07, 6.45) is 0. The molecule has 0 amide bonds. The summed E-state index contributed by atoms with van der Waals surface area (Å²) in [6.45, 7) is 7.29. The summed E-state index contributed by atoms with van der Waals surface area (Å²) in [5.41, 5.74) is 0. The summed E-state index contributed by atoms with van der Waals surface area (Å²) in [4.78, 5) is 0. The minimum absolute atomic E-state index is 0.844. The van der Waals surface area contributed by atoms with Crippen LogP contribution < -0.4 is 0 Å². The smallest absolute Gasteiger partial charge is 0.338 e. The van der Waals surface area contributed by atoms with Gasteiger partial charge in [0.25, 0.3) is 0 Å². The fraction of sp³-hybridized carbons (Fsp3) is 1.00. The first kappa shape index (κ1) is 13.6. The van der Waals surface area contributed by atoms with Crippen LogP contribution in [0.2, 0.25) is 6.55 Å². The van der Waals surface area contributed by atoms with Gasteiger partial charge in [0.1, 0.15) is 0 Å². The molecule has 64 valence electrons. The van der Waals surface area contributed by atoms with Crippen LogP contribution in [0.15, 0.2) is 0 Å². The highest BCUT2D eigenvalue weighted by atomic mass is 35.8. The van der Waals surface area contributed by atoms with E-state index in [1.54, 1.807) is 6.55 Å². The lowest BCUT2D eigenvalue weighted by Gasteiger charge is -1.89. The second-order valence-corrected chi connectivity index (χ2v) is 11.7. The van der Waals surface area contributed by atoms with E-state index in [4.69, 9.17) is 38.0 Å². The summed E-state index contributed by atoms with van der Waals surface area (Å²) in [5, 5.41) is 0. The number of ether oxygens (including phenoxy) is 1. The second kappa shape index (κ2) is 8.15. The Kier molecular flexibility index (Phi) is 11.1. The molecule has 0 aliphatic carbocycles. The van der Waals surface area contributed by atoms with Gasteiger partial charge in [0.05, 0.1) is 0 Å². The van der Waals surface area contributed by atoms with Gasteiger partial charge in [-0.3, -0.25) is 0 Å². The van der Waals surface area contributed by atoms with Crippen molar-refractivity contribution in [2.45, 2.75) is 20.4 Å². The minimum Gasteiger partial charge on any atom is -0.382 e. The number of rotatable bonds is 2. The van der Waals surface area contributed by atoms with Crippen LogP contribution in [-0.2, 0) is 4.74 Å². The van der Waals surface area contributed by atoms with Crippen molar-refractivity contribution < 1.29 is 4.74 Å². The number of hydrogen-bond acceptors (Lipinski definition) is 1. The maximum Gasteiger partial charge on any atom is 0.338 e. The Balaban J connectivity index is 0. The molecular weight excluding hydrogens is 210 g/mol. The highest BCUT2D eigenvalue weighted by molar-refractivity contribution is 7.64. The van der Waals surface area contributed by atoms with Crippen molar-refractivity contribution in [2.24, 2.45) is 0 Å². The zero-order chi connectivity index (χ0) is 8.62. The quantitative estimate of drug-likeness (QED) is 0.516. The third-order valence-corrected chi connectivity index (χ3v) is 0.408. The van der Waals surface area contributed by atoms with Gasteiger partial charge in [-0.25, -0.2) is 0 Å². The van der Waals surface area contributed by atoms with Crippen LogP contribution in [0.5, 0.6) is 0 Å². The van der Waals surface area contributed by atoms with Crippen LogP contribution in [-0.4, -0.2) is 19.2 Å². The summed E-state index contributed by atoms with van der Waals surface area (Å²) < 4.78 is 4.83. The van der Waals surface area contributed by atoms with Crippen LogP contribution in [0.25, 0.3) is 0 Å². The Morgan fingerprint density at radius 2 is 1.30 bits per heavy atom. The Morgan fingerprint density at radius 1 is 1.10 bits per heavy atom. The Bertz CT molecular complexity index is 56.4. The van der Waals surface area contributed by atoms with Crippen molar-refractivity contribution in [3.63, 3.8) is 0 Å². The maximum atomic E-state index is 5.20. The van der Waals surface area contributed by atoms with E-state index in [0.717, 1.165) is 13.2 Å². The van der Waals surface area contributed by atoms with E-state index in [1.807, 2.05) is 13.8 Å². The molecule has 0 fully saturated rings. The fourth-order valence-electron chi connectivity index (χ4n) is 0.204. The number of hydrogen-bond donors (Lipinski definition) is 0. The average Bonchev–Trinajstić information content (AvgIpc) is 1.63. The predicted octanol–water partition coefficient (Wildman–Crippen LogP) is 3.31. The first-order valence-electron chi connectivity index (χ1n) is 3.06. The molecular formula is C5H13Cl3OSi. The van der Waals surface area contributed by atoms with E-state index in [2.05, 4.69) is 0 Å². The van der Waals surface area contributed by atoms with Crippen molar-refractivity contribution in [3.05, 3.63) is 0 Å².